The summed E-state index contributed by atoms with van der Waals surface area (Å²) in [4.78, 5) is 25.9. The molecule has 0 bridgehead atoms. The first-order valence-electron chi connectivity index (χ1n) is 7.15. The van der Waals surface area contributed by atoms with Crippen LogP contribution in [0.4, 0.5) is 0 Å². The molecule has 0 aliphatic rings. The highest BCUT2D eigenvalue weighted by Gasteiger charge is 2.10. The summed E-state index contributed by atoms with van der Waals surface area (Å²) in [7, 11) is 0. The predicted octanol–water partition coefficient (Wildman–Crippen LogP) is 2.75. The average Bonchev–Trinajstić information content (AvgIpc) is 3.05. The molecule has 2 N–H and O–H groups in total. The molecule has 1 aromatic carbocycles. The third-order valence-electron chi connectivity index (χ3n) is 3.26. The SMILES string of the molecule is CC(=O)c1c[nH]c(C(=O)NCCSCc2ccccc2C#N)c1. The number of Topliss-reactive ketones (excluding diaryl/α,β-unsaturated/α-hetero) is 1. The molecular formula is C17H17N3O2S. The number of nitrogens with one attached hydrogen (secondary N) is 2. The summed E-state index contributed by atoms with van der Waals surface area (Å²) in [6.45, 7) is 1.98. The lowest BCUT2D eigenvalue weighted by Gasteiger charge is -2.05. The zero-order valence-electron chi connectivity index (χ0n) is 12.8. The molecule has 0 saturated heterocycles. The van der Waals surface area contributed by atoms with E-state index in [1.165, 1.54) is 13.1 Å². The Balaban J connectivity index is 1.74. The third-order valence-corrected chi connectivity index (χ3v) is 4.27. The molecule has 1 heterocycles. The zero-order valence-corrected chi connectivity index (χ0v) is 13.6. The number of nitrogens with zero attached hydrogens (tertiary/aromatic N) is 1. The highest BCUT2D eigenvalue weighted by molar-refractivity contribution is 7.98. The van der Waals surface area contributed by atoms with E-state index in [2.05, 4.69) is 16.4 Å². The van der Waals surface area contributed by atoms with Crippen LogP contribution < -0.4 is 5.32 Å². The number of aromatic nitrogens is 1. The Bertz CT molecular complexity index is 746. The van der Waals surface area contributed by atoms with Crippen LogP contribution in [0.15, 0.2) is 36.5 Å². The van der Waals surface area contributed by atoms with Crippen molar-refractivity contribution in [1.82, 2.24) is 10.3 Å². The van der Waals surface area contributed by atoms with Gasteiger partial charge >= 0.3 is 0 Å². The van der Waals surface area contributed by atoms with E-state index in [0.29, 0.717) is 23.4 Å². The Morgan fingerprint density at radius 3 is 2.83 bits per heavy atom. The lowest BCUT2D eigenvalue weighted by Crippen LogP contribution is -2.26. The van der Waals surface area contributed by atoms with Gasteiger partial charge in [-0.1, -0.05) is 18.2 Å². The standard InChI is InChI=1S/C17H17N3O2S/c1-12(21)15-8-16(20-10-15)17(22)19-6-7-23-11-14-5-3-2-4-13(14)9-18/h2-5,8,10,20H,6-7,11H2,1H3,(H,19,22). The molecular weight excluding hydrogens is 310 g/mol. The van der Waals surface area contributed by atoms with Gasteiger partial charge in [-0.05, 0) is 24.6 Å². The molecule has 2 rings (SSSR count). The van der Waals surface area contributed by atoms with E-state index < -0.39 is 0 Å². The van der Waals surface area contributed by atoms with E-state index in [1.807, 2.05) is 18.2 Å². The van der Waals surface area contributed by atoms with Gasteiger partial charge in [0.25, 0.3) is 5.91 Å². The molecule has 23 heavy (non-hydrogen) atoms. The number of thioether (sulfide) groups is 1. The second-order valence-electron chi connectivity index (χ2n) is 4.94. The van der Waals surface area contributed by atoms with E-state index >= 15 is 0 Å². The summed E-state index contributed by atoms with van der Waals surface area (Å²) >= 11 is 1.65. The minimum atomic E-state index is -0.226. The largest absolute Gasteiger partial charge is 0.356 e. The molecule has 0 aliphatic carbocycles. The van der Waals surface area contributed by atoms with Crippen LogP contribution in [-0.4, -0.2) is 29.0 Å². The monoisotopic (exact) mass is 327 g/mol. The van der Waals surface area contributed by atoms with Gasteiger partial charge in [0, 0.05) is 29.8 Å². The van der Waals surface area contributed by atoms with Crippen LogP contribution in [0.5, 0.6) is 0 Å². The van der Waals surface area contributed by atoms with Crippen molar-refractivity contribution in [3.05, 3.63) is 58.9 Å². The molecule has 0 fully saturated rings. The zero-order chi connectivity index (χ0) is 16.7. The fraction of sp³-hybridized carbons (Fsp3) is 0.235. The molecule has 0 unspecified atom stereocenters. The second kappa shape index (κ2) is 8.20. The van der Waals surface area contributed by atoms with Crippen molar-refractivity contribution in [3.63, 3.8) is 0 Å². The van der Waals surface area contributed by atoms with Gasteiger partial charge in [0.2, 0.25) is 0 Å². The maximum absolute atomic E-state index is 11.9. The van der Waals surface area contributed by atoms with Gasteiger partial charge < -0.3 is 10.3 Å². The van der Waals surface area contributed by atoms with E-state index in [9.17, 15) is 9.59 Å². The molecule has 0 aliphatic heterocycles. The first kappa shape index (κ1) is 16.8. The molecule has 0 spiro atoms. The van der Waals surface area contributed by atoms with Crippen LogP contribution >= 0.6 is 11.8 Å². The van der Waals surface area contributed by atoms with Crippen molar-refractivity contribution in [2.45, 2.75) is 12.7 Å². The van der Waals surface area contributed by atoms with Crippen molar-refractivity contribution < 1.29 is 9.59 Å². The molecule has 5 nitrogen and oxygen atoms in total. The Kier molecular flexibility index (Phi) is 6.01. The highest BCUT2D eigenvalue weighted by atomic mass is 32.2. The van der Waals surface area contributed by atoms with Crippen LogP contribution in [0.25, 0.3) is 0 Å². The Morgan fingerprint density at radius 2 is 2.13 bits per heavy atom. The highest BCUT2D eigenvalue weighted by Crippen LogP contribution is 2.15. The number of carbonyl (C=O) groups is 2. The number of H-pyrrole nitrogens is 1. The maximum atomic E-state index is 11.9. The van der Waals surface area contributed by atoms with Crippen molar-refractivity contribution >= 4 is 23.5 Å². The number of nitriles is 1. The Morgan fingerprint density at radius 1 is 1.35 bits per heavy atom. The van der Waals surface area contributed by atoms with Gasteiger partial charge in [0.05, 0.1) is 11.6 Å². The molecule has 0 atom stereocenters. The van der Waals surface area contributed by atoms with Crippen molar-refractivity contribution in [2.24, 2.45) is 0 Å². The summed E-state index contributed by atoms with van der Waals surface area (Å²) < 4.78 is 0. The van der Waals surface area contributed by atoms with Gasteiger partial charge in [-0.2, -0.15) is 17.0 Å². The van der Waals surface area contributed by atoms with Crippen molar-refractivity contribution in [2.75, 3.05) is 12.3 Å². The fourth-order valence-electron chi connectivity index (χ4n) is 2.00. The summed E-state index contributed by atoms with van der Waals surface area (Å²) in [5.41, 5.74) is 2.57. The Labute approximate surface area is 139 Å². The fourth-order valence-corrected chi connectivity index (χ4v) is 2.86. The van der Waals surface area contributed by atoms with Crippen LogP contribution in [-0.2, 0) is 5.75 Å². The van der Waals surface area contributed by atoms with Gasteiger partial charge in [-0.15, -0.1) is 0 Å². The van der Waals surface area contributed by atoms with Gasteiger partial charge in [0.15, 0.2) is 5.78 Å². The van der Waals surface area contributed by atoms with Gasteiger partial charge in [0.1, 0.15) is 5.69 Å². The number of rotatable bonds is 7. The van der Waals surface area contributed by atoms with Crippen LogP contribution in [0.3, 0.4) is 0 Å². The smallest absolute Gasteiger partial charge is 0.267 e. The molecule has 2 aromatic rings. The van der Waals surface area contributed by atoms with E-state index in [-0.39, 0.29) is 11.7 Å². The van der Waals surface area contributed by atoms with Gasteiger partial charge in [-0.3, -0.25) is 9.59 Å². The first-order valence-corrected chi connectivity index (χ1v) is 8.30. The maximum Gasteiger partial charge on any atom is 0.267 e. The number of hydrogen-bond acceptors (Lipinski definition) is 4. The van der Waals surface area contributed by atoms with Gasteiger partial charge in [-0.25, -0.2) is 0 Å². The number of ketones is 1. The van der Waals surface area contributed by atoms with E-state index in [4.69, 9.17) is 5.26 Å². The molecule has 6 heteroatoms. The van der Waals surface area contributed by atoms with Crippen LogP contribution in [0.1, 0.15) is 38.9 Å². The lowest BCUT2D eigenvalue weighted by molar-refractivity contribution is 0.0951. The molecule has 118 valence electrons. The summed E-state index contributed by atoms with van der Waals surface area (Å²) in [5.74, 6) is 1.17. The quantitative estimate of drug-likeness (QED) is 0.605. The second-order valence-corrected chi connectivity index (χ2v) is 6.04. The minimum Gasteiger partial charge on any atom is -0.356 e. The number of benzene rings is 1. The molecule has 1 aromatic heterocycles. The lowest BCUT2D eigenvalue weighted by atomic mass is 10.1. The summed E-state index contributed by atoms with van der Waals surface area (Å²) in [5, 5.41) is 11.8. The number of amides is 1. The third kappa shape index (κ3) is 4.73. The molecule has 0 saturated carbocycles. The minimum absolute atomic E-state index is 0.0768. The van der Waals surface area contributed by atoms with E-state index in [1.54, 1.807) is 23.9 Å². The van der Waals surface area contributed by atoms with E-state index in [0.717, 1.165) is 17.1 Å². The van der Waals surface area contributed by atoms with Crippen molar-refractivity contribution in [3.8, 4) is 6.07 Å². The first-order chi connectivity index (χ1) is 11.1. The van der Waals surface area contributed by atoms with Crippen LogP contribution in [0, 0.1) is 11.3 Å². The topological polar surface area (TPSA) is 85.8 Å². The summed E-state index contributed by atoms with van der Waals surface area (Å²) in [6.07, 6.45) is 1.53. The summed E-state index contributed by atoms with van der Waals surface area (Å²) in [6, 6.07) is 11.2. The molecule has 1 amide bonds. The average molecular weight is 327 g/mol. The normalized spacial score (nSPS) is 10.1. The van der Waals surface area contributed by atoms with Crippen molar-refractivity contribution in [1.29, 1.82) is 5.26 Å². The Hall–Kier alpha value is -2.52. The molecule has 0 radical (unpaired) electrons. The number of carbonyl (C=O) groups excluding carboxylic acids is 2. The van der Waals surface area contributed by atoms with Crippen LogP contribution in [0.2, 0.25) is 0 Å². The number of aromatic amines is 1. The number of hydrogen-bond donors (Lipinski definition) is 2. The predicted molar refractivity (Wildman–Crippen MR) is 90.4 cm³/mol.